The molecular formula is C18H17N3O3. The second-order valence-corrected chi connectivity index (χ2v) is 5.18. The van der Waals surface area contributed by atoms with E-state index in [-0.39, 0.29) is 12.3 Å². The van der Waals surface area contributed by atoms with E-state index in [9.17, 15) is 4.79 Å². The van der Waals surface area contributed by atoms with Crippen molar-refractivity contribution in [3.8, 4) is 17.2 Å². The van der Waals surface area contributed by atoms with Gasteiger partial charge < -0.3 is 14.6 Å². The second kappa shape index (κ2) is 7.41. The summed E-state index contributed by atoms with van der Waals surface area (Å²) in [7, 11) is 0. The van der Waals surface area contributed by atoms with Crippen LogP contribution in [0, 0.1) is 6.92 Å². The average Bonchev–Trinajstić information content (AvgIpc) is 3.03. The summed E-state index contributed by atoms with van der Waals surface area (Å²) in [6.07, 6.45) is 0.277. The van der Waals surface area contributed by atoms with E-state index in [1.807, 2.05) is 42.5 Å². The fourth-order valence-corrected chi connectivity index (χ4v) is 2.11. The molecule has 6 nitrogen and oxygen atoms in total. The number of ether oxygens (including phenoxy) is 1. The largest absolute Gasteiger partial charge is 0.493 e. The number of para-hydroxylation sites is 1. The van der Waals surface area contributed by atoms with Crippen LogP contribution in [0.25, 0.3) is 11.5 Å². The Bertz CT molecular complexity index is 798. The summed E-state index contributed by atoms with van der Waals surface area (Å²) in [4.78, 5) is 16.1. The molecule has 1 amide bonds. The van der Waals surface area contributed by atoms with Crippen molar-refractivity contribution in [1.82, 2.24) is 10.1 Å². The van der Waals surface area contributed by atoms with Gasteiger partial charge in [-0.05, 0) is 43.3 Å². The van der Waals surface area contributed by atoms with Gasteiger partial charge in [0.15, 0.2) is 5.82 Å². The van der Waals surface area contributed by atoms with Gasteiger partial charge in [0.25, 0.3) is 5.89 Å². The molecule has 0 saturated carbocycles. The molecule has 0 fully saturated rings. The van der Waals surface area contributed by atoms with Gasteiger partial charge in [0, 0.05) is 11.3 Å². The summed E-state index contributed by atoms with van der Waals surface area (Å²) in [5.41, 5.74) is 1.51. The number of nitrogens with one attached hydrogen (secondary N) is 1. The van der Waals surface area contributed by atoms with Gasteiger partial charge >= 0.3 is 0 Å². The Kier molecular flexibility index (Phi) is 4.86. The number of hydrogen-bond donors (Lipinski definition) is 1. The fraction of sp³-hybridized carbons (Fsp3) is 0.167. The molecule has 2 aromatic carbocycles. The van der Waals surface area contributed by atoms with Crippen LogP contribution in [0.15, 0.2) is 59.1 Å². The predicted octanol–water partition coefficient (Wildman–Crippen LogP) is 3.45. The lowest BCUT2D eigenvalue weighted by Crippen LogP contribution is -2.15. The molecule has 122 valence electrons. The highest BCUT2D eigenvalue weighted by atomic mass is 16.5. The zero-order valence-corrected chi connectivity index (χ0v) is 13.2. The van der Waals surface area contributed by atoms with E-state index in [0.717, 1.165) is 11.3 Å². The van der Waals surface area contributed by atoms with E-state index in [1.54, 1.807) is 19.1 Å². The summed E-state index contributed by atoms with van der Waals surface area (Å²) >= 11 is 0. The van der Waals surface area contributed by atoms with Crippen molar-refractivity contribution in [2.75, 3.05) is 11.9 Å². The van der Waals surface area contributed by atoms with Crippen LogP contribution < -0.4 is 10.1 Å². The topological polar surface area (TPSA) is 77.2 Å². The molecule has 24 heavy (non-hydrogen) atoms. The van der Waals surface area contributed by atoms with Crippen LogP contribution in [0.5, 0.6) is 5.75 Å². The Morgan fingerprint density at radius 3 is 2.54 bits per heavy atom. The Hall–Kier alpha value is -3.15. The Morgan fingerprint density at radius 2 is 1.88 bits per heavy atom. The third-order valence-corrected chi connectivity index (χ3v) is 3.28. The van der Waals surface area contributed by atoms with Crippen LogP contribution in [0.3, 0.4) is 0 Å². The van der Waals surface area contributed by atoms with Crippen LogP contribution in [0.1, 0.15) is 12.2 Å². The first-order valence-electron chi connectivity index (χ1n) is 7.59. The molecule has 1 N–H and O–H groups in total. The summed E-state index contributed by atoms with van der Waals surface area (Å²) in [6.45, 7) is 2.09. The summed E-state index contributed by atoms with van der Waals surface area (Å²) in [5, 5.41) is 6.58. The van der Waals surface area contributed by atoms with Crippen molar-refractivity contribution in [1.29, 1.82) is 0 Å². The van der Waals surface area contributed by atoms with Crippen molar-refractivity contribution >= 4 is 11.6 Å². The lowest BCUT2D eigenvalue weighted by Gasteiger charge is -2.07. The van der Waals surface area contributed by atoms with Crippen molar-refractivity contribution in [2.24, 2.45) is 0 Å². The number of aryl methyl sites for hydroxylation is 1. The third kappa shape index (κ3) is 4.19. The van der Waals surface area contributed by atoms with Crippen molar-refractivity contribution in [2.45, 2.75) is 13.3 Å². The Balaban J connectivity index is 1.49. The van der Waals surface area contributed by atoms with Crippen molar-refractivity contribution in [3.05, 3.63) is 60.4 Å². The number of nitrogens with zero attached hydrogens (tertiary/aromatic N) is 2. The van der Waals surface area contributed by atoms with E-state index in [4.69, 9.17) is 9.26 Å². The molecule has 1 heterocycles. The summed E-state index contributed by atoms with van der Waals surface area (Å²) in [6, 6.07) is 16.6. The predicted molar refractivity (Wildman–Crippen MR) is 89.7 cm³/mol. The first-order valence-corrected chi connectivity index (χ1v) is 7.59. The number of anilines is 1. The van der Waals surface area contributed by atoms with Gasteiger partial charge in [-0.3, -0.25) is 4.79 Å². The normalized spacial score (nSPS) is 10.4. The quantitative estimate of drug-likeness (QED) is 0.752. The highest BCUT2D eigenvalue weighted by molar-refractivity contribution is 5.91. The number of rotatable bonds is 6. The highest BCUT2D eigenvalue weighted by Crippen LogP contribution is 2.19. The molecule has 0 bridgehead atoms. The molecule has 3 aromatic rings. The Morgan fingerprint density at radius 1 is 1.12 bits per heavy atom. The van der Waals surface area contributed by atoms with Crippen LogP contribution in [0.4, 0.5) is 5.69 Å². The monoisotopic (exact) mass is 323 g/mol. The molecule has 0 aliphatic heterocycles. The molecular weight excluding hydrogens is 306 g/mol. The first-order chi connectivity index (χ1) is 11.7. The van der Waals surface area contributed by atoms with Gasteiger partial charge in [-0.25, -0.2) is 0 Å². The van der Waals surface area contributed by atoms with Gasteiger partial charge in [0.1, 0.15) is 5.75 Å². The van der Waals surface area contributed by atoms with Crippen molar-refractivity contribution < 1.29 is 14.1 Å². The minimum atomic E-state index is -0.104. The zero-order valence-electron chi connectivity index (χ0n) is 13.2. The van der Waals surface area contributed by atoms with E-state index < -0.39 is 0 Å². The summed E-state index contributed by atoms with van der Waals surface area (Å²) in [5.74, 6) is 1.69. The smallest absolute Gasteiger partial charge is 0.257 e. The molecule has 0 unspecified atom stereocenters. The number of carbonyl (C=O) groups excluding carboxylic acids is 1. The zero-order chi connectivity index (χ0) is 16.8. The van der Waals surface area contributed by atoms with E-state index >= 15 is 0 Å². The maximum absolute atomic E-state index is 11.9. The van der Waals surface area contributed by atoms with Crippen LogP contribution in [-0.4, -0.2) is 22.7 Å². The number of amides is 1. The van der Waals surface area contributed by atoms with Gasteiger partial charge in [0.05, 0.1) is 13.0 Å². The van der Waals surface area contributed by atoms with Crippen LogP contribution in [0.2, 0.25) is 0 Å². The Labute approximate surface area is 139 Å². The number of benzene rings is 2. The van der Waals surface area contributed by atoms with Crippen LogP contribution in [-0.2, 0) is 4.79 Å². The van der Waals surface area contributed by atoms with E-state index in [2.05, 4.69) is 15.5 Å². The van der Waals surface area contributed by atoms with Crippen molar-refractivity contribution in [3.63, 3.8) is 0 Å². The molecule has 3 rings (SSSR count). The molecule has 0 saturated heterocycles. The fourth-order valence-electron chi connectivity index (χ4n) is 2.11. The lowest BCUT2D eigenvalue weighted by atomic mass is 10.2. The number of hydrogen-bond acceptors (Lipinski definition) is 5. The maximum atomic E-state index is 11.9. The number of carbonyl (C=O) groups is 1. The SMILES string of the molecule is Cc1noc(-c2ccc(NC(=O)CCOc3ccccc3)cc2)n1. The minimum absolute atomic E-state index is 0.104. The summed E-state index contributed by atoms with van der Waals surface area (Å²) < 4.78 is 10.6. The molecule has 0 spiro atoms. The van der Waals surface area contributed by atoms with Gasteiger partial charge in [0.2, 0.25) is 5.91 Å². The van der Waals surface area contributed by atoms with E-state index in [1.165, 1.54) is 0 Å². The van der Waals surface area contributed by atoms with Gasteiger partial charge in [-0.1, -0.05) is 23.4 Å². The molecule has 6 heteroatoms. The molecule has 0 aliphatic rings. The first kappa shape index (κ1) is 15.7. The standard InChI is InChI=1S/C18H17N3O3/c1-13-19-18(24-21-13)14-7-9-15(10-8-14)20-17(22)11-12-23-16-5-3-2-4-6-16/h2-10H,11-12H2,1H3,(H,20,22). The third-order valence-electron chi connectivity index (χ3n) is 3.28. The molecule has 0 atom stereocenters. The molecule has 1 aromatic heterocycles. The average molecular weight is 323 g/mol. The lowest BCUT2D eigenvalue weighted by molar-refractivity contribution is -0.116. The highest BCUT2D eigenvalue weighted by Gasteiger charge is 2.07. The minimum Gasteiger partial charge on any atom is -0.493 e. The van der Waals surface area contributed by atoms with E-state index in [0.29, 0.717) is 24.0 Å². The van der Waals surface area contributed by atoms with Gasteiger partial charge in [-0.2, -0.15) is 4.98 Å². The van der Waals surface area contributed by atoms with Gasteiger partial charge in [-0.15, -0.1) is 0 Å². The number of aromatic nitrogens is 2. The molecule has 0 radical (unpaired) electrons. The molecule has 0 aliphatic carbocycles. The second-order valence-electron chi connectivity index (χ2n) is 5.18. The maximum Gasteiger partial charge on any atom is 0.257 e. The van der Waals surface area contributed by atoms with Crippen LogP contribution >= 0.6 is 0 Å².